The summed E-state index contributed by atoms with van der Waals surface area (Å²) in [6.07, 6.45) is 1.34. The summed E-state index contributed by atoms with van der Waals surface area (Å²) < 4.78 is 5.80. The van der Waals surface area contributed by atoms with Crippen molar-refractivity contribution in [3.63, 3.8) is 0 Å². The van der Waals surface area contributed by atoms with Crippen molar-refractivity contribution in [2.24, 2.45) is 4.99 Å². The number of benzene rings is 1. The summed E-state index contributed by atoms with van der Waals surface area (Å²) >= 11 is 3.34. The van der Waals surface area contributed by atoms with E-state index in [0.29, 0.717) is 11.6 Å². The van der Waals surface area contributed by atoms with Gasteiger partial charge in [-0.15, -0.1) is 0 Å². The van der Waals surface area contributed by atoms with Gasteiger partial charge in [0.25, 0.3) is 0 Å². The molecular weight excluding hydrogens is 354 g/mol. The van der Waals surface area contributed by atoms with Gasteiger partial charge in [-0.25, -0.2) is 9.79 Å². The number of aliphatic imine (C=N–C) groups is 1. The van der Waals surface area contributed by atoms with Crippen molar-refractivity contribution in [1.82, 2.24) is 0 Å². The van der Waals surface area contributed by atoms with Crippen LogP contribution >= 0.6 is 15.9 Å². The molecule has 7 heteroatoms. The van der Waals surface area contributed by atoms with Crippen LogP contribution in [0.2, 0.25) is 0 Å². The minimum Gasteiger partial charge on any atom is -0.481 e. The Balaban J connectivity index is 0.000000295. The molecule has 0 saturated carbocycles. The number of carboxylic acid groups (broad SMARTS) is 1. The molecule has 0 unspecified atom stereocenters. The van der Waals surface area contributed by atoms with Crippen LogP contribution < -0.4 is 0 Å². The van der Waals surface area contributed by atoms with E-state index < -0.39 is 11.9 Å². The summed E-state index contributed by atoms with van der Waals surface area (Å²) in [5.41, 5.74) is 1.26. The number of esters is 1. The third-order valence-electron chi connectivity index (χ3n) is 2.30. The largest absolute Gasteiger partial charge is 0.481 e. The number of Topliss-reactive ketones (excluding diaryl/α,β-unsaturated/α-hetero) is 1. The monoisotopic (exact) mass is 367 g/mol. The van der Waals surface area contributed by atoms with Crippen molar-refractivity contribution in [1.29, 1.82) is 0 Å². The topological polar surface area (TPSA) is 93.0 Å². The quantitative estimate of drug-likeness (QED) is 0.503. The highest BCUT2D eigenvalue weighted by Gasteiger charge is 2.19. The Morgan fingerprint density at radius 3 is 2.27 bits per heavy atom. The lowest BCUT2D eigenvalue weighted by Gasteiger charge is -1.94. The Morgan fingerprint density at radius 2 is 1.91 bits per heavy atom. The van der Waals surface area contributed by atoms with Gasteiger partial charge < -0.3 is 9.84 Å². The van der Waals surface area contributed by atoms with Crippen molar-refractivity contribution < 1.29 is 24.2 Å². The molecule has 1 aromatic rings. The second-order valence-corrected chi connectivity index (χ2v) is 5.29. The first kappa shape index (κ1) is 17.8. The van der Waals surface area contributed by atoms with E-state index >= 15 is 0 Å². The van der Waals surface area contributed by atoms with Gasteiger partial charge in [-0.2, -0.15) is 0 Å². The van der Waals surface area contributed by atoms with Crippen molar-refractivity contribution in [3.8, 4) is 0 Å². The first-order chi connectivity index (χ1) is 10.3. The predicted octanol–water partition coefficient (Wildman–Crippen LogP) is 2.82. The van der Waals surface area contributed by atoms with Crippen LogP contribution in [0.1, 0.15) is 25.8 Å². The zero-order valence-electron chi connectivity index (χ0n) is 12.0. The van der Waals surface area contributed by atoms with E-state index in [2.05, 4.69) is 20.9 Å². The number of ketones is 1. The van der Waals surface area contributed by atoms with E-state index in [4.69, 9.17) is 9.84 Å². The van der Waals surface area contributed by atoms with Crippen LogP contribution in [-0.2, 0) is 19.1 Å². The summed E-state index contributed by atoms with van der Waals surface area (Å²) in [5, 5.41) is 7.86. The Kier molecular flexibility index (Phi) is 6.65. The number of carbonyl (C=O) groups is 3. The lowest BCUT2D eigenvalue weighted by molar-refractivity contribution is -0.139. The number of hydrogen-bond donors (Lipinski definition) is 1. The van der Waals surface area contributed by atoms with Crippen LogP contribution in [0.15, 0.2) is 39.4 Å². The average molecular weight is 368 g/mol. The molecule has 6 nitrogen and oxygen atoms in total. The smallest absolute Gasteiger partial charge is 0.363 e. The molecule has 22 heavy (non-hydrogen) atoms. The maximum Gasteiger partial charge on any atom is 0.363 e. The van der Waals surface area contributed by atoms with Crippen LogP contribution in [0.25, 0.3) is 6.08 Å². The van der Waals surface area contributed by atoms with Crippen molar-refractivity contribution in [2.75, 3.05) is 0 Å². The van der Waals surface area contributed by atoms with Crippen molar-refractivity contribution in [3.05, 3.63) is 40.0 Å². The van der Waals surface area contributed by atoms with Crippen molar-refractivity contribution >= 4 is 45.6 Å². The molecule has 0 fully saturated rings. The Morgan fingerprint density at radius 1 is 1.32 bits per heavy atom. The van der Waals surface area contributed by atoms with Crippen LogP contribution in [0.5, 0.6) is 0 Å². The van der Waals surface area contributed by atoms with Gasteiger partial charge in [-0.1, -0.05) is 28.1 Å². The second-order valence-electron chi connectivity index (χ2n) is 4.37. The first-order valence-corrected chi connectivity index (χ1v) is 7.03. The summed E-state index contributed by atoms with van der Waals surface area (Å²) in [6, 6.07) is 7.60. The van der Waals surface area contributed by atoms with Gasteiger partial charge in [-0.3, -0.25) is 9.59 Å². The van der Waals surface area contributed by atoms with E-state index in [-0.39, 0.29) is 12.2 Å². The summed E-state index contributed by atoms with van der Waals surface area (Å²) in [5.74, 6) is -1.38. The Hall–Kier alpha value is -2.28. The SMILES string of the molecule is CC(=O)CC(=O)O.CC1=N/C(=C\c2ccc(Br)cc2)C(=O)O1. The van der Waals surface area contributed by atoms with Gasteiger partial charge in [-0.05, 0) is 30.7 Å². The Bertz CT molecular complexity index is 634. The Labute approximate surface area is 135 Å². The van der Waals surface area contributed by atoms with Gasteiger partial charge in [0, 0.05) is 11.4 Å². The molecule has 2 rings (SSSR count). The number of carbonyl (C=O) groups excluding carboxylic acids is 2. The highest BCUT2D eigenvalue weighted by Crippen LogP contribution is 2.17. The molecule has 0 aromatic heterocycles. The molecule has 0 saturated heterocycles. The zero-order chi connectivity index (χ0) is 16.7. The molecule has 1 aliphatic rings. The highest BCUT2D eigenvalue weighted by atomic mass is 79.9. The second kappa shape index (κ2) is 8.23. The third kappa shape index (κ3) is 6.45. The fraction of sp³-hybridized carbons (Fsp3) is 0.200. The predicted molar refractivity (Wildman–Crippen MR) is 84.3 cm³/mol. The zero-order valence-corrected chi connectivity index (χ0v) is 13.6. The maximum absolute atomic E-state index is 11.2. The standard InChI is InChI=1S/C11H8BrNO2.C4H6O3/c1-7-13-10(11(14)15-7)6-8-2-4-9(12)5-3-8;1-3(5)2-4(6)7/h2-6H,1H3;2H2,1H3,(H,6,7)/b10-6-;. The third-order valence-corrected chi connectivity index (χ3v) is 2.83. The summed E-state index contributed by atoms with van der Waals surface area (Å²) in [7, 11) is 0. The lowest BCUT2D eigenvalue weighted by atomic mass is 10.2. The summed E-state index contributed by atoms with van der Waals surface area (Å²) in [6.45, 7) is 2.90. The lowest BCUT2D eigenvalue weighted by Crippen LogP contribution is -2.00. The number of rotatable bonds is 3. The number of cyclic esters (lactones) is 1. The molecule has 0 aliphatic carbocycles. The molecule has 1 heterocycles. The molecule has 0 bridgehead atoms. The molecule has 0 radical (unpaired) electrons. The number of halogens is 1. The van der Waals surface area contributed by atoms with Gasteiger partial charge >= 0.3 is 11.9 Å². The summed E-state index contributed by atoms with van der Waals surface area (Å²) in [4.78, 5) is 34.7. The van der Waals surface area contributed by atoms with E-state index in [1.165, 1.54) is 6.92 Å². The maximum atomic E-state index is 11.2. The normalized spacial score (nSPS) is 14.8. The van der Waals surface area contributed by atoms with Crippen molar-refractivity contribution in [2.45, 2.75) is 20.3 Å². The average Bonchev–Trinajstić information content (AvgIpc) is 2.70. The number of nitrogens with zero attached hydrogens (tertiary/aromatic N) is 1. The van der Waals surface area contributed by atoms with Crippen LogP contribution in [0.4, 0.5) is 0 Å². The molecule has 0 atom stereocenters. The minimum atomic E-state index is -1.06. The fourth-order valence-corrected chi connectivity index (χ4v) is 1.71. The molecule has 0 spiro atoms. The molecular formula is C15H14BrNO5. The van der Waals surface area contributed by atoms with Gasteiger partial charge in [0.05, 0.1) is 0 Å². The van der Waals surface area contributed by atoms with Crippen LogP contribution in [0.3, 0.4) is 0 Å². The van der Waals surface area contributed by atoms with Gasteiger partial charge in [0.2, 0.25) is 0 Å². The number of ether oxygens (including phenoxy) is 1. The first-order valence-electron chi connectivity index (χ1n) is 6.24. The molecule has 116 valence electrons. The molecule has 1 aromatic carbocycles. The molecule has 1 aliphatic heterocycles. The van der Waals surface area contributed by atoms with Gasteiger partial charge in [0.1, 0.15) is 12.2 Å². The van der Waals surface area contributed by atoms with E-state index in [1.54, 1.807) is 13.0 Å². The van der Waals surface area contributed by atoms with E-state index in [9.17, 15) is 14.4 Å². The van der Waals surface area contributed by atoms with Crippen LogP contribution in [0, 0.1) is 0 Å². The highest BCUT2D eigenvalue weighted by molar-refractivity contribution is 9.10. The number of aliphatic carboxylic acids is 1. The van der Waals surface area contributed by atoms with E-state index in [0.717, 1.165) is 10.0 Å². The van der Waals surface area contributed by atoms with E-state index in [1.807, 2.05) is 24.3 Å². The van der Waals surface area contributed by atoms with Crippen LogP contribution in [-0.4, -0.2) is 28.7 Å². The minimum absolute atomic E-state index is 0.312. The van der Waals surface area contributed by atoms with Gasteiger partial charge in [0.15, 0.2) is 11.6 Å². The molecule has 0 amide bonds. The number of hydrogen-bond acceptors (Lipinski definition) is 5. The molecule has 1 N–H and O–H groups in total. The fourth-order valence-electron chi connectivity index (χ4n) is 1.45. The number of carboxylic acids is 1.